The molecular weight excluding hydrogens is 491 g/mol. The van der Waals surface area contributed by atoms with Crippen LogP contribution in [0.3, 0.4) is 0 Å². The number of hydrogen-bond donors (Lipinski definition) is 2. The monoisotopic (exact) mass is 532 g/mol. The Bertz CT molecular complexity index is 646. The second-order valence-corrected chi connectivity index (χ2v) is 9.17. The molecule has 2 N–H and O–H groups in total. The number of benzene rings is 1. The average Bonchev–Trinajstić information content (AvgIpc) is 2.68. The fourth-order valence-electron chi connectivity index (χ4n) is 3.73. The molecule has 172 valence electrons. The Labute approximate surface area is 200 Å². The van der Waals surface area contributed by atoms with Gasteiger partial charge in [-0.25, -0.2) is 0 Å². The number of hydrogen-bond acceptors (Lipinski definition) is 4. The molecule has 1 aromatic carbocycles. The van der Waals surface area contributed by atoms with Crippen molar-refractivity contribution in [2.24, 2.45) is 16.3 Å². The van der Waals surface area contributed by atoms with Gasteiger partial charge in [-0.05, 0) is 50.0 Å². The summed E-state index contributed by atoms with van der Waals surface area (Å²) >= 11 is 0. The van der Waals surface area contributed by atoms with Crippen LogP contribution in [0.4, 0.5) is 0 Å². The van der Waals surface area contributed by atoms with Gasteiger partial charge in [0.2, 0.25) is 0 Å². The van der Waals surface area contributed by atoms with Crippen molar-refractivity contribution >= 4 is 29.9 Å². The van der Waals surface area contributed by atoms with Crippen LogP contribution in [0.15, 0.2) is 29.3 Å². The fourth-order valence-corrected chi connectivity index (χ4v) is 3.73. The Kier molecular flexibility index (Phi) is 12.0. The Morgan fingerprint density at radius 1 is 1.27 bits per heavy atom. The zero-order valence-corrected chi connectivity index (χ0v) is 21.9. The fraction of sp³-hybridized carbons (Fsp3) is 0.696. The lowest BCUT2D eigenvalue weighted by Crippen LogP contribution is -2.47. The maximum Gasteiger partial charge on any atom is 0.191 e. The summed E-state index contributed by atoms with van der Waals surface area (Å²) in [6.07, 6.45) is 2.60. The highest BCUT2D eigenvalue weighted by atomic mass is 127. The highest BCUT2D eigenvalue weighted by Gasteiger charge is 2.35. The van der Waals surface area contributed by atoms with E-state index in [1.807, 2.05) is 33.3 Å². The number of rotatable bonds is 8. The summed E-state index contributed by atoms with van der Waals surface area (Å²) in [5, 5.41) is 6.91. The lowest BCUT2D eigenvalue weighted by Gasteiger charge is -2.40. The van der Waals surface area contributed by atoms with Crippen molar-refractivity contribution in [1.82, 2.24) is 15.5 Å². The van der Waals surface area contributed by atoms with Crippen LogP contribution in [0.2, 0.25) is 0 Å². The summed E-state index contributed by atoms with van der Waals surface area (Å²) in [5.74, 6) is 2.22. The second kappa shape index (κ2) is 13.4. The molecule has 0 radical (unpaired) electrons. The van der Waals surface area contributed by atoms with Crippen molar-refractivity contribution in [2.45, 2.75) is 46.3 Å². The number of aliphatic imine (C=N–C) groups is 1. The molecule has 2 rings (SSSR count). The summed E-state index contributed by atoms with van der Waals surface area (Å²) in [5.41, 5.74) is 1.32. The molecule has 2 atom stereocenters. The Hall–Kier alpha value is -1.06. The Morgan fingerprint density at radius 3 is 2.70 bits per heavy atom. The normalized spacial score (nSPS) is 19.9. The molecule has 30 heavy (non-hydrogen) atoms. The first-order chi connectivity index (χ1) is 13.8. The maximum absolute atomic E-state index is 6.09. The minimum Gasteiger partial charge on any atom is -0.492 e. The van der Waals surface area contributed by atoms with Gasteiger partial charge in [-0.1, -0.05) is 32.9 Å². The first kappa shape index (κ1) is 27.0. The van der Waals surface area contributed by atoms with Crippen molar-refractivity contribution < 1.29 is 9.47 Å². The standard InChI is InChI=1S/C23H40N4O2.HI/c1-23(2,3)21-19(10-8-13-29-21)17-26-22(24-4)25-16-18-9-7-11-20(15-18)28-14-12-27(5)6;/h7,9,11,15,19,21H,8,10,12-14,16-17H2,1-6H3,(H2,24,25,26);1H. The summed E-state index contributed by atoms with van der Waals surface area (Å²) < 4.78 is 11.9. The molecule has 1 saturated heterocycles. The number of likely N-dealkylation sites (N-methyl/N-ethyl adjacent to an activating group) is 1. The quantitative estimate of drug-likeness (QED) is 0.304. The SMILES string of the molecule is CN=C(NCc1cccc(OCCN(C)C)c1)NCC1CCCOC1C(C)(C)C.I. The van der Waals surface area contributed by atoms with Crippen LogP contribution >= 0.6 is 24.0 Å². The lowest BCUT2D eigenvalue weighted by atomic mass is 9.78. The smallest absolute Gasteiger partial charge is 0.191 e. The molecule has 6 nitrogen and oxygen atoms in total. The molecular formula is C23H41IN4O2. The number of halogens is 1. The number of nitrogens with one attached hydrogen (secondary N) is 2. The lowest BCUT2D eigenvalue weighted by molar-refractivity contribution is -0.0835. The summed E-state index contributed by atoms with van der Waals surface area (Å²) in [6.45, 7) is 10.8. The van der Waals surface area contributed by atoms with Gasteiger partial charge in [-0.2, -0.15) is 0 Å². The highest BCUT2D eigenvalue weighted by molar-refractivity contribution is 14.0. The van der Waals surface area contributed by atoms with Gasteiger partial charge >= 0.3 is 0 Å². The molecule has 2 unspecified atom stereocenters. The first-order valence-electron chi connectivity index (χ1n) is 10.7. The van der Waals surface area contributed by atoms with Gasteiger partial charge in [0.05, 0.1) is 6.10 Å². The van der Waals surface area contributed by atoms with E-state index in [0.29, 0.717) is 19.1 Å². The van der Waals surface area contributed by atoms with Crippen LogP contribution in [-0.2, 0) is 11.3 Å². The molecule has 1 aliphatic heterocycles. The van der Waals surface area contributed by atoms with Crippen LogP contribution in [0.25, 0.3) is 0 Å². The van der Waals surface area contributed by atoms with Gasteiger partial charge < -0.3 is 25.0 Å². The summed E-state index contributed by atoms with van der Waals surface area (Å²) in [6, 6.07) is 8.22. The van der Waals surface area contributed by atoms with Gasteiger partial charge in [0, 0.05) is 39.2 Å². The molecule has 0 spiro atoms. The molecule has 1 aromatic rings. The minimum absolute atomic E-state index is 0. The zero-order chi connectivity index (χ0) is 21.3. The van der Waals surface area contributed by atoms with E-state index < -0.39 is 0 Å². The first-order valence-corrected chi connectivity index (χ1v) is 10.7. The predicted molar refractivity (Wildman–Crippen MR) is 136 cm³/mol. The van der Waals surface area contributed by atoms with Crippen molar-refractivity contribution in [2.75, 3.05) is 47.4 Å². The molecule has 1 aliphatic rings. The van der Waals surface area contributed by atoms with Gasteiger partial charge in [-0.15, -0.1) is 24.0 Å². The van der Waals surface area contributed by atoms with Gasteiger partial charge in [-0.3, -0.25) is 4.99 Å². The topological polar surface area (TPSA) is 58.1 Å². The largest absolute Gasteiger partial charge is 0.492 e. The maximum atomic E-state index is 6.09. The van der Waals surface area contributed by atoms with Crippen LogP contribution in [-0.4, -0.2) is 64.4 Å². The number of nitrogens with zero attached hydrogens (tertiary/aromatic N) is 2. The Balaban J connectivity index is 0.00000450. The van der Waals surface area contributed by atoms with E-state index in [4.69, 9.17) is 9.47 Å². The van der Waals surface area contributed by atoms with E-state index in [2.05, 4.69) is 53.4 Å². The third kappa shape index (κ3) is 9.39. The van der Waals surface area contributed by atoms with Crippen LogP contribution in [0.1, 0.15) is 39.2 Å². The molecule has 0 aromatic heterocycles. The number of guanidine groups is 1. The van der Waals surface area contributed by atoms with E-state index in [-0.39, 0.29) is 35.5 Å². The molecule has 0 amide bonds. The summed E-state index contributed by atoms with van der Waals surface area (Å²) in [4.78, 5) is 6.50. The third-order valence-electron chi connectivity index (χ3n) is 5.22. The van der Waals surface area contributed by atoms with Crippen molar-refractivity contribution in [3.63, 3.8) is 0 Å². The van der Waals surface area contributed by atoms with Crippen molar-refractivity contribution in [3.8, 4) is 5.75 Å². The van der Waals surface area contributed by atoms with Crippen LogP contribution in [0.5, 0.6) is 5.75 Å². The average molecular weight is 533 g/mol. The van der Waals surface area contributed by atoms with E-state index in [9.17, 15) is 0 Å². The highest BCUT2D eigenvalue weighted by Crippen LogP contribution is 2.33. The van der Waals surface area contributed by atoms with Crippen LogP contribution in [0, 0.1) is 11.3 Å². The Morgan fingerprint density at radius 2 is 2.03 bits per heavy atom. The number of ether oxygens (including phenoxy) is 2. The molecule has 0 saturated carbocycles. The van der Waals surface area contributed by atoms with Gasteiger partial charge in [0.25, 0.3) is 0 Å². The third-order valence-corrected chi connectivity index (χ3v) is 5.22. The molecule has 1 heterocycles. The molecule has 7 heteroatoms. The minimum atomic E-state index is 0. The zero-order valence-electron chi connectivity index (χ0n) is 19.5. The molecule has 0 bridgehead atoms. The van der Waals surface area contributed by atoms with E-state index in [1.165, 1.54) is 12.0 Å². The molecule has 0 aliphatic carbocycles. The van der Waals surface area contributed by atoms with Crippen LogP contribution < -0.4 is 15.4 Å². The van der Waals surface area contributed by atoms with Gasteiger partial charge in [0.15, 0.2) is 5.96 Å². The van der Waals surface area contributed by atoms with Crippen molar-refractivity contribution in [1.29, 1.82) is 0 Å². The summed E-state index contributed by atoms with van der Waals surface area (Å²) in [7, 11) is 5.91. The second-order valence-electron chi connectivity index (χ2n) is 9.17. The van der Waals surface area contributed by atoms with Crippen molar-refractivity contribution in [3.05, 3.63) is 29.8 Å². The van der Waals surface area contributed by atoms with E-state index >= 15 is 0 Å². The molecule has 1 fully saturated rings. The van der Waals surface area contributed by atoms with E-state index in [0.717, 1.165) is 37.8 Å². The van der Waals surface area contributed by atoms with Gasteiger partial charge in [0.1, 0.15) is 12.4 Å². The van der Waals surface area contributed by atoms with E-state index in [1.54, 1.807) is 0 Å². The predicted octanol–water partition coefficient (Wildman–Crippen LogP) is 3.75.